The first kappa shape index (κ1) is 25.5. The summed E-state index contributed by atoms with van der Waals surface area (Å²) in [6.45, 7) is 6.57. The highest BCUT2D eigenvalue weighted by Crippen LogP contribution is 2.41. The van der Waals surface area contributed by atoms with Crippen LogP contribution < -0.4 is 10.6 Å². The third kappa shape index (κ3) is 5.15. The van der Waals surface area contributed by atoms with Gasteiger partial charge in [-0.15, -0.1) is 0 Å². The molecule has 1 amide bonds. The first-order valence-corrected chi connectivity index (χ1v) is 12.9. The average Bonchev–Trinajstić information content (AvgIpc) is 3.39. The molecule has 0 bridgehead atoms. The topological polar surface area (TPSA) is 75.1 Å². The van der Waals surface area contributed by atoms with Gasteiger partial charge in [0.1, 0.15) is 11.6 Å². The molecule has 0 unspecified atom stereocenters. The standard InChI is InChI=1S/C29H29FN6OS/c1-18-7-12-25(32-17-18)36-19(2)16-23(20(36)3)28-27(24-6-4-5-14-31-24)34-29(38)35(28)15-13-26(37)33-22-10-8-21(30)9-11-22/h4-12,14,16-17,27-28H,13,15H2,1-3H3,(H,33,37)(H,34,38)/t27-,28+/m0/s1. The van der Waals surface area contributed by atoms with Crippen molar-refractivity contribution in [1.82, 2.24) is 24.8 Å². The van der Waals surface area contributed by atoms with E-state index < -0.39 is 0 Å². The zero-order valence-corrected chi connectivity index (χ0v) is 22.3. The molecule has 1 aliphatic heterocycles. The number of aryl methyl sites for hydroxylation is 2. The fourth-order valence-electron chi connectivity index (χ4n) is 5.00. The molecule has 7 nitrogen and oxygen atoms in total. The number of pyridine rings is 2. The fourth-order valence-corrected chi connectivity index (χ4v) is 5.33. The molecule has 0 saturated carbocycles. The Kier molecular flexibility index (Phi) is 7.20. The quantitative estimate of drug-likeness (QED) is 0.316. The minimum absolute atomic E-state index is 0.172. The Hall–Kier alpha value is -4.11. The summed E-state index contributed by atoms with van der Waals surface area (Å²) in [6.07, 6.45) is 3.85. The molecule has 4 aromatic rings. The molecule has 1 aliphatic rings. The highest BCUT2D eigenvalue weighted by Gasteiger charge is 2.41. The smallest absolute Gasteiger partial charge is 0.226 e. The number of aromatic nitrogens is 3. The van der Waals surface area contributed by atoms with E-state index in [2.05, 4.69) is 56.0 Å². The van der Waals surface area contributed by atoms with Crippen LogP contribution in [0.15, 0.2) is 73.1 Å². The van der Waals surface area contributed by atoms with Gasteiger partial charge in [0.05, 0.1) is 17.8 Å². The molecule has 0 spiro atoms. The van der Waals surface area contributed by atoms with Gasteiger partial charge in [-0.3, -0.25) is 9.78 Å². The number of hydrogen-bond donors (Lipinski definition) is 2. The van der Waals surface area contributed by atoms with Gasteiger partial charge in [0.25, 0.3) is 0 Å². The number of thiocarbonyl (C=S) groups is 1. The van der Waals surface area contributed by atoms with Gasteiger partial charge in [-0.05, 0) is 92.6 Å². The number of halogens is 1. The Morgan fingerprint density at radius 1 is 1.08 bits per heavy atom. The number of amides is 1. The van der Waals surface area contributed by atoms with Crippen LogP contribution in [0.4, 0.5) is 10.1 Å². The number of hydrogen-bond acceptors (Lipinski definition) is 4. The summed E-state index contributed by atoms with van der Waals surface area (Å²) < 4.78 is 15.4. The van der Waals surface area contributed by atoms with Crippen molar-refractivity contribution >= 4 is 28.9 Å². The van der Waals surface area contributed by atoms with Crippen LogP contribution >= 0.6 is 12.2 Å². The second-order valence-corrected chi connectivity index (χ2v) is 9.87. The summed E-state index contributed by atoms with van der Waals surface area (Å²) in [5.41, 5.74) is 5.72. The van der Waals surface area contributed by atoms with Crippen molar-refractivity contribution < 1.29 is 9.18 Å². The van der Waals surface area contributed by atoms with Crippen LogP contribution in [0.25, 0.3) is 5.82 Å². The van der Waals surface area contributed by atoms with E-state index in [1.165, 1.54) is 12.1 Å². The summed E-state index contributed by atoms with van der Waals surface area (Å²) >= 11 is 5.78. The lowest BCUT2D eigenvalue weighted by Crippen LogP contribution is -2.32. The molecular formula is C29H29FN6OS. The number of rotatable bonds is 7. The Bertz CT molecular complexity index is 1450. The Balaban J connectivity index is 1.46. The third-order valence-corrected chi connectivity index (χ3v) is 7.17. The number of nitrogens with zero attached hydrogens (tertiary/aromatic N) is 4. The maximum Gasteiger partial charge on any atom is 0.226 e. The van der Waals surface area contributed by atoms with Crippen LogP contribution in [0.1, 0.15) is 46.7 Å². The molecule has 3 aromatic heterocycles. The largest absolute Gasteiger partial charge is 0.352 e. The van der Waals surface area contributed by atoms with Crippen molar-refractivity contribution in [3.05, 3.63) is 107 Å². The van der Waals surface area contributed by atoms with Crippen LogP contribution in [0.2, 0.25) is 0 Å². The SMILES string of the molecule is Cc1ccc(-n2c(C)cc([C@@H]3[C@H](c4ccccn4)NC(=S)N3CCC(=O)Nc3ccc(F)cc3)c2C)nc1. The van der Waals surface area contributed by atoms with Crippen LogP contribution in [0.3, 0.4) is 0 Å². The molecule has 1 fully saturated rings. The first-order chi connectivity index (χ1) is 18.3. The van der Waals surface area contributed by atoms with Crippen molar-refractivity contribution in [2.45, 2.75) is 39.3 Å². The zero-order chi connectivity index (χ0) is 26.8. The molecule has 1 aromatic carbocycles. The Morgan fingerprint density at radius 3 is 2.55 bits per heavy atom. The normalized spacial score (nSPS) is 16.9. The van der Waals surface area contributed by atoms with E-state index in [1.807, 2.05) is 37.4 Å². The molecule has 4 heterocycles. The minimum atomic E-state index is -0.349. The molecule has 9 heteroatoms. The molecular weight excluding hydrogens is 499 g/mol. The Morgan fingerprint density at radius 2 is 1.87 bits per heavy atom. The van der Waals surface area contributed by atoms with Crippen molar-refractivity contribution in [1.29, 1.82) is 0 Å². The van der Waals surface area contributed by atoms with Gasteiger partial charge in [-0.25, -0.2) is 9.37 Å². The molecule has 2 atom stereocenters. The number of nitrogens with one attached hydrogen (secondary N) is 2. The molecule has 0 radical (unpaired) electrons. The van der Waals surface area contributed by atoms with E-state index in [0.717, 1.165) is 34.0 Å². The van der Waals surface area contributed by atoms with E-state index in [4.69, 9.17) is 12.2 Å². The van der Waals surface area contributed by atoms with Gasteiger partial charge >= 0.3 is 0 Å². The second-order valence-electron chi connectivity index (χ2n) is 9.48. The van der Waals surface area contributed by atoms with Gasteiger partial charge < -0.3 is 20.1 Å². The molecule has 194 valence electrons. The Labute approximate surface area is 226 Å². The minimum Gasteiger partial charge on any atom is -0.352 e. The summed E-state index contributed by atoms with van der Waals surface area (Å²) in [7, 11) is 0. The average molecular weight is 529 g/mol. The van der Waals surface area contributed by atoms with Crippen molar-refractivity contribution in [2.24, 2.45) is 0 Å². The van der Waals surface area contributed by atoms with E-state index in [-0.39, 0.29) is 30.2 Å². The lowest BCUT2D eigenvalue weighted by atomic mass is 9.96. The first-order valence-electron chi connectivity index (χ1n) is 12.5. The van der Waals surface area contributed by atoms with E-state index >= 15 is 0 Å². The lowest BCUT2D eigenvalue weighted by molar-refractivity contribution is -0.116. The van der Waals surface area contributed by atoms with E-state index in [0.29, 0.717) is 17.3 Å². The summed E-state index contributed by atoms with van der Waals surface area (Å²) in [4.78, 5) is 24.1. The third-order valence-electron chi connectivity index (χ3n) is 6.82. The monoisotopic (exact) mass is 528 g/mol. The second kappa shape index (κ2) is 10.7. The van der Waals surface area contributed by atoms with E-state index in [9.17, 15) is 9.18 Å². The molecule has 38 heavy (non-hydrogen) atoms. The lowest BCUT2D eigenvalue weighted by Gasteiger charge is -2.28. The van der Waals surface area contributed by atoms with Gasteiger partial charge in [-0.2, -0.15) is 0 Å². The number of carbonyl (C=O) groups excluding carboxylic acids is 1. The van der Waals surface area contributed by atoms with Crippen molar-refractivity contribution in [2.75, 3.05) is 11.9 Å². The number of anilines is 1. The van der Waals surface area contributed by atoms with E-state index in [1.54, 1.807) is 18.3 Å². The highest BCUT2D eigenvalue weighted by molar-refractivity contribution is 7.80. The van der Waals surface area contributed by atoms with Crippen LogP contribution in [0, 0.1) is 26.6 Å². The van der Waals surface area contributed by atoms with Gasteiger partial charge in [0.15, 0.2) is 5.11 Å². The molecule has 1 saturated heterocycles. The molecule has 2 N–H and O–H groups in total. The predicted octanol–water partition coefficient (Wildman–Crippen LogP) is 5.33. The maximum absolute atomic E-state index is 13.2. The van der Waals surface area contributed by atoms with Crippen molar-refractivity contribution in [3.8, 4) is 5.82 Å². The zero-order valence-electron chi connectivity index (χ0n) is 21.5. The summed E-state index contributed by atoms with van der Waals surface area (Å²) in [5.74, 6) is 0.331. The van der Waals surface area contributed by atoms with Gasteiger partial charge in [0.2, 0.25) is 5.91 Å². The summed E-state index contributed by atoms with van der Waals surface area (Å²) in [6, 6.07) is 17.4. The fraction of sp³-hybridized carbons (Fsp3) is 0.241. The number of carbonyl (C=O) groups is 1. The van der Waals surface area contributed by atoms with Gasteiger partial charge in [-0.1, -0.05) is 12.1 Å². The van der Waals surface area contributed by atoms with Gasteiger partial charge in [0, 0.05) is 42.4 Å². The number of benzene rings is 1. The van der Waals surface area contributed by atoms with Crippen molar-refractivity contribution in [3.63, 3.8) is 0 Å². The van der Waals surface area contributed by atoms with Crippen LogP contribution in [-0.4, -0.2) is 37.0 Å². The maximum atomic E-state index is 13.2. The van der Waals surface area contributed by atoms with Crippen LogP contribution in [0.5, 0.6) is 0 Å². The molecule has 0 aliphatic carbocycles. The molecule has 5 rings (SSSR count). The van der Waals surface area contributed by atoms with Crippen LogP contribution in [-0.2, 0) is 4.79 Å². The highest BCUT2D eigenvalue weighted by atomic mass is 32.1. The predicted molar refractivity (Wildman–Crippen MR) is 150 cm³/mol. The summed E-state index contributed by atoms with van der Waals surface area (Å²) in [5, 5.41) is 6.85.